The topological polar surface area (TPSA) is 49.4 Å². The van der Waals surface area contributed by atoms with Crippen molar-refractivity contribution in [1.29, 1.82) is 0 Å². The number of hydrogen-bond donors (Lipinski definition) is 1. The number of carbonyl (C=O) groups excluding carboxylic acids is 2. The molecule has 2 amide bonds. The quantitative estimate of drug-likeness (QED) is 0.942. The molecule has 0 aliphatic heterocycles. The summed E-state index contributed by atoms with van der Waals surface area (Å²) in [5.41, 5.74) is 1.72. The van der Waals surface area contributed by atoms with Crippen LogP contribution in [0.25, 0.3) is 0 Å². The lowest BCUT2D eigenvalue weighted by Gasteiger charge is -2.15. The molecular formula is C16H15FN2O2. The molecule has 0 spiro atoms. The molecule has 0 saturated heterocycles. The molecule has 0 aromatic heterocycles. The minimum Gasteiger partial charge on any atom is -0.322 e. The minimum atomic E-state index is -0.386. The van der Waals surface area contributed by atoms with Crippen LogP contribution in [0.2, 0.25) is 0 Å². The van der Waals surface area contributed by atoms with Crippen molar-refractivity contribution in [3.8, 4) is 0 Å². The highest BCUT2D eigenvalue weighted by Gasteiger charge is 2.08. The highest BCUT2D eigenvalue weighted by molar-refractivity contribution is 6.04. The standard InChI is InChI=1S/C16H15FN2O2/c1-11(20)19(2)15-9-7-14(8-10-15)18-16(21)12-3-5-13(17)6-4-12/h3-10H,1-2H3,(H,18,21). The second-order valence-electron chi connectivity index (χ2n) is 4.59. The Balaban J connectivity index is 2.08. The van der Waals surface area contributed by atoms with Crippen LogP contribution in [0.3, 0.4) is 0 Å². The number of carbonyl (C=O) groups is 2. The SMILES string of the molecule is CC(=O)N(C)c1ccc(NC(=O)c2ccc(F)cc2)cc1. The first kappa shape index (κ1) is 14.7. The van der Waals surface area contributed by atoms with Gasteiger partial charge in [-0.25, -0.2) is 4.39 Å². The minimum absolute atomic E-state index is 0.0712. The van der Waals surface area contributed by atoms with Crippen molar-refractivity contribution in [2.24, 2.45) is 0 Å². The maximum Gasteiger partial charge on any atom is 0.255 e. The summed E-state index contributed by atoms with van der Waals surface area (Å²) in [5, 5.41) is 2.71. The van der Waals surface area contributed by atoms with Gasteiger partial charge < -0.3 is 10.2 Å². The molecule has 4 nitrogen and oxygen atoms in total. The van der Waals surface area contributed by atoms with Gasteiger partial charge in [0.2, 0.25) is 5.91 Å². The summed E-state index contributed by atoms with van der Waals surface area (Å²) < 4.78 is 12.8. The molecule has 0 fully saturated rings. The van der Waals surface area contributed by atoms with Gasteiger partial charge in [0.25, 0.3) is 5.91 Å². The van der Waals surface area contributed by atoms with Crippen molar-refractivity contribution >= 4 is 23.2 Å². The van der Waals surface area contributed by atoms with Crippen LogP contribution in [0.5, 0.6) is 0 Å². The smallest absolute Gasteiger partial charge is 0.255 e. The first-order valence-electron chi connectivity index (χ1n) is 6.38. The van der Waals surface area contributed by atoms with E-state index in [4.69, 9.17) is 0 Å². The van der Waals surface area contributed by atoms with Crippen LogP contribution in [0.4, 0.5) is 15.8 Å². The van der Waals surface area contributed by atoms with Crippen LogP contribution in [-0.2, 0) is 4.79 Å². The monoisotopic (exact) mass is 286 g/mol. The second-order valence-corrected chi connectivity index (χ2v) is 4.59. The Kier molecular flexibility index (Phi) is 4.33. The summed E-state index contributed by atoms with van der Waals surface area (Å²) in [4.78, 5) is 24.7. The second kappa shape index (κ2) is 6.17. The highest BCUT2D eigenvalue weighted by atomic mass is 19.1. The Morgan fingerprint density at radius 1 is 1.00 bits per heavy atom. The lowest BCUT2D eigenvalue weighted by atomic mass is 10.2. The van der Waals surface area contributed by atoms with Crippen LogP contribution in [0.15, 0.2) is 48.5 Å². The first-order chi connectivity index (χ1) is 9.97. The predicted molar refractivity (Wildman–Crippen MR) is 79.9 cm³/mol. The van der Waals surface area contributed by atoms with Crippen LogP contribution < -0.4 is 10.2 Å². The summed E-state index contributed by atoms with van der Waals surface area (Å²) in [6.07, 6.45) is 0. The van der Waals surface area contributed by atoms with E-state index < -0.39 is 0 Å². The van der Waals surface area contributed by atoms with Crippen molar-refractivity contribution in [2.75, 3.05) is 17.3 Å². The predicted octanol–water partition coefficient (Wildman–Crippen LogP) is 3.06. The van der Waals surface area contributed by atoms with Gasteiger partial charge in [-0.05, 0) is 48.5 Å². The van der Waals surface area contributed by atoms with Crippen molar-refractivity contribution in [3.05, 3.63) is 59.9 Å². The number of anilines is 2. The number of rotatable bonds is 3. The molecule has 0 aliphatic carbocycles. The van der Waals surface area contributed by atoms with E-state index in [1.165, 1.54) is 36.1 Å². The van der Waals surface area contributed by atoms with Gasteiger partial charge in [0, 0.05) is 30.9 Å². The van der Waals surface area contributed by atoms with Gasteiger partial charge in [0.05, 0.1) is 0 Å². The molecule has 0 unspecified atom stereocenters. The molecular weight excluding hydrogens is 271 g/mol. The molecule has 0 atom stereocenters. The van der Waals surface area contributed by atoms with Gasteiger partial charge in [-0.2, -0.15) is 0 Å². The number of nitrogens with zero attached hydrogens (tertiary/aromatic N) is 1. The maximum atomic E-state index is 12.8. The third-order valence-corrected chi connectivity index (χ3v) is 3.09. The van der Waals surface area contributed by atoms with E-state index in [-0.39, 0.29) is 17.6 Å². The number of benzene rings is 2. The molecule has 108 valence electrons. The van der Waals surface area contributed by atoms with Gasteiger partial charge in [0.15, 0.2) is 0 Å². The van der Waals surface area contributed by atoms with E-state index in [1.54, 1.807) is 31.3 Å². The van der Waals surface area contributed by atoms with Gasteiger partial charge >= 0.3 is 0 Å². The average Bonchev–Trinajstić information content (AvgIpc) is 2.47. The van der Waals surface area contributed by atoms with E-state index in [9.17, 15) is 14.0 Å². The number of amides is 2. The number of nitrogens with one attached hydrogen (secondary N) is 1. The molecule has 1 N–H and O–H groups in total. The number of hydrogen-bond acceptors (Lipinski definition) is 2. The third kappa shape index (κ3) is 3.66. The Hall–Kier alpha value is -2.69. The molecule has 2 aromatic carbocycles. The van der Waals surface area contributed by atoms with E-state index >= 15 is 0 Å². The average molecular weight is 286 g/mol. The Labute approximate surface area is 122 Å². The van der Waals surface area contributed by atoms with Crippen LogP contribution >= 0.6 is 0 Å². The van der Waals surface area contributed by atoms with Crippen LogP contribution in [0, 0.1) is 5.82 Å². The zero-order valence-corrected chi connectivity index (χ0v) is 11.8. The molecule has 0 bridgehead atoms. The zero-order chi connectivity index (χ0) is 15.4. The normalized spacial score (nSPS) is 10.0. The van der Waals surface area contributed by atoms with Gasteiger partial charge in [-0.3, -0.25) is 9.59 Å². The van der Waals surface area contributed by atoms with Crippen molar-refractivity contribution in [1.82, 2.24) is 0 Å². The van der Waals surface area contributed by atoms with Gasteiger partial charge in [0.1, 0.15) is 5.82 Å². The highest BCUT2D eigenvalue weighted by Crippen LogP contribution is 2.17. The molecule has 0 saturated carbocycles. The lowest BCUT2D eigenvalue weighted by molar-refractivity contribution is -0.116. The molecule has 5 heteroatoms. The molecule has 2 aromatic rings. The third-order valence-electron chi connectivity index (χ3n) is 3.09. The fourth-order valence-electron chi connectivity index (χ4n) is 1.75. The summed E-state index contributed by atoms with van der Waals surface area (Å²) in [5.74, 6) is -0.774. The maximum absolute atomic E-state index is 12.8. The summed E-state index contributed by atoms with van der Waals surface area (Å²) in [6.45, 7) is 1.48. The summed E-state index contributed by atoms with van der Waals surface area (Å²) in [6, 6.07) is 12.2. The fraction of sp³-hybridized carbons (Fsp3) is 0.125. The van der Waals surface area contributed by atoms with E-state index in [0.717, 1.165) is 5.69 Å². The largest absolute Gasteiger partial charge is 0.322 e. The molecule has 2 rings (SSSR count). The van der Waals surface area contributed by atoms with Crippen LogP contribution in [-0.4, -0.2) is 18.9 Å². The van der Waals surface area contributed by atoms with Crippen molar-refractivity contribution < 1.29 is 14.0 Å². The fourth-order valence-corrected chi connectivity index (χ4v) is 1.75. The van der Waals surface area contributed by atoms with Gasteiger partial charge in [-0.15, -0.1) is 0 Å². The van der Waals surface area contributed by atoms with E-state index in [2.05, 4.69) is 5.32 Å². The molecule has 0 heterocycles. The molecule has 0 aliphatic rings. The van der Waals surface area contributed by atoms with E-state index in [0.29, 0.717) is 11.3 Å². The van der Waals surface area contributed by atoms with Gasteiger partial charge in [-0.1, -0.05) is 0 Å². The first-order valence-corrected chi connectivity index (χ1v) is 6.38. The van der Waals surface area contributed by atoms with E-state index in [1.807, 2.05) is 0 Å². The Morgan fingerprint density at radius 3 is 2.10 bits per heavy atom. The molecule has 0 radical (unpaired) electrons. The number of halogens is 1. The zero-order valence-electron chi connectivity index (χ0n) is 11.8. The lowest BCUT2D eigenvalue weighted by Crippen LogP contribution is -2.22. The Bertz CT molecular complexity index is 651. The van der Waals surface area contributed by atoms with Crippen molar-refractivity contribution in [2.45, 2.75) is 6.92 Å². The molecule has 21 heavy (non-hydrogen) atoms. The summed E-state index contributed by atoms with van der Waals surface area (Å²) in [7, 11) is 1.68. The van der Waals surface area contributed by atoms with Crippen molar-refractivity contribution in [3.63, 3.8) is 0 Å². The summed E-state index contributed by atoms with van der Waals surface area (Å²) >= 11 is 0. The Morgan fingerprint density at radius 2 is 1.57 bits per heavy atom. The van der Waals surface area contributed by atoms with Crippen LogP contribution in [0.1, 0.15) is 17.3 Å².